The van der Waals surface area contributed by atoms with Gasteiger partial charge in [0.2, 0.25) is 12.2 Å². The minimum atomic E-state index is -4.48. The molecule has 214 valence electrons. The predicted molar refractivity (Wildman–Crippen MR) is 151 cm³/mol. The van der Waals surface area contributed by atoms with Crippen LogP contribution in [0, 0.1) is 11.5 Å². The molecule has 2 saturated heterocycles. The van der Waals surface area contributed by atoms with Gasteiger partial charge in [0.1, 0.15) is 11.5 Å². The fourth-order valence-corrected chi connectivity index (χ4v) is 5.29. The smallest absolute Gasteiger partial charge is 0.416 e. The van der Waals surface area contributed by atoms with Gasteiger partial charge in [-0.15, -0.1) is 4.99 Å². The van der Waals surface area contributed by atoms with Crippen LogP contribution < -0.4 is 9.64 Å². The van der Waals surface area contributed by atoms with E-state index in [4.69, 9.17) is 21.1 Å². The van der Waals surface area contributed by atoms with Gasteiger partial charge in [0.15, 0.2) is 0 Å². The molecule has 0 bridgehead atoms. The zero-order chi connectivity index (χ0) is 29.0. The number of benzene rings is 3. The molecule has 7 nitrogen and oxygen atoms in total. The van der Waals surface area contributed by atoms with E-state index in [-0.39, 0.29) is 6.10 Å². The van der Waals surface area contributed by atoms with E-state index in [9.17, 15) is 18.4 Å². The number of nitrogens with zero attached hydrogens (tertiary/aromatic N) is 5. The normalized spacial score (nSPS) is 20.8. The van der Waals surface area contributed by atoms with Crippen LogP contribution in [0.5, 0.6) is 11.5 Å². The molecule has 5 rings (SSSR count). The van der Waals surface area contributed by atoms with Gasteiger partial charge in [-0.2, -0.15) is 18.4 Å². The zero-order valence-electron chi connectivity index (χ0n) is 22.4. The van der Waals surface area contributed by atoms with Crippen LogP contribution in [-0.2, 0) is 10.9 Å². The van der Waals surface area contributed by atoms with Crippen molar-refractivity contribution in [2.24, 2.45) is 4.99 Å². The molecule has 41 heavy (non-hydrogen) atoms. The van der Waals surface area contributed by atoms with Gasteiger partial charge in [-0.1, -0.05) is 23.7 Å². The van der Waals surface area contributed by atoms with Gasteiger partial charge in [0.05, 0.1) is 24.3 Å². The standard InChI is InChI=1S/C30H29ClF3N5O2/c1-21-18-37(15-16-40-21)13-14-38-19-28(22-3-2-4-23(17-22)30(32,33)34)39(29(38)36-20-35)25-7-11-27(12-8-25)41-26-9-5-24(31)6-10-26/h2-12,17,21,28H,13-16,18-19H2,1H3/b36-29-/t21-,28?/m0/s1. The monoisotopic (exact) mass is 583 g/mol. The Balaban J connectivity index is 1.45. The third-order valence-corrected chi connectivity index (χ3v) is 7.38. The summed E-state index contributed by atoms with van der Waals surface area (Å²) in [5.74, 6) is 1.58. The number of nitriles is 1. The van der Waals surface area contributed by atoms with Crippen molar-refractivity contribution < 1.29 is 22.6 Å². The molecule has 3 aromatic rings. The Morgan fingerprint density at radius 2 is 1.73 bits per heavy atom. The Hall–Kier alpha value is -3.78. The van der Waals surface area contributed by atoms with Crippen molar-refractivity contribution in [1.29, 1.82) is 5.26 Å². The van der Waals surface area contributed by atoms with Gasteiger partial charge < -0.3 is 19.3 Å². The van der Waals surface area contributed by atoms with Gasteiger partial charge in [-0.3, -0.25) is 4.90 Å². The van der Waals surface area contributed by atoms with Crippen molar-refractivity contribution in [2.45, 2.75) is 25.2 Å². The highest BCUT2D eigenvalue weighted by molar-refractivity contribution is 6.30. The van der Waals surface area contributed by atoms with Crippen LogP contribution in [0.1, 0.15) is 24.1 Å². The number of hydrogen-bond donors (Lipinski definition) is 0. The number of guanidine groups is 1. The Labute approximate surface area is 242 Å². The van der Waals surface area contributed by atoms with Crippen LogP contribution in [-0.4, -0.2) is 61.2 Å². The maximum Gasteiger partial charge on any atom is 0.416 e. The number of rotatable bonds is 7. The molecule has 0 saturated carbocycles. The summed E-state index contributed by atoms with van der Waals surface area (Å²) in [6.45, 7) is 5.87. The summed E-state index contributed by atoms with van der Waals surface area (Å²) >= 11 is 5.96. The fourth-order valence-electron chi connectivity index (χ4n) is 5.17. The molecule has 0 aromatic heterocycles. The van der Waals surface area contributed by atoms with E-state index in [1.54, 1.807) is 42.5 Å². The quantitative estimate of drug-likeness (QED) is 0.293. The summed E-state index contributed by atoms with van der Waals surface area (Å²) in [6.07, 6.45) is -2.46. The van der Waals surface area contributed by atoms with Crippen LogP contribution in [0.4, 0.5) is 18.9 Å². The average Bonchev–Trinajstić information content (AvgIpc) is 3.31. The van der Waals surface area contributed by atoms with E-state index in [0.717, 1.165) is 19.2 Å². The SMILES string of the molecule is C[C@H]1CN(CCN2CC(c3cccc(C(F)(F)F)c3)N(c3ccc(Oc4ccc(Cl)cc4)cc3)/C2=N\C#N)CCO1. The molecule has 11 heteroatoms. The van der Waals surface area contributed by atoms with Crippen molar-refractivity contribution in [2.75, 3.05) is 44.2 Å². The highest BCUT2D eigenvalue weighted by Crippen LogP contribution is 2.38. The first-order valence-electron chi connectivity index (χ1n) is 13.3. The van der Waals surface area contributed by atoms with Gasteiger partial charge in [-0.05, 0) is 73.2 Å². The molecule has 2 heterocycles. The average molecular weight is 584 g/mol. The first-order chi connectivity index (χ1) is 19.7. The van der Waals surface area contributed by atoms with Crippen LogP contribution >= 0.6 is 11.6 Å². The molecule has 0 aliphatic carbocycles. The third-order valence-electron chi connectivity index (χ3n) is 7.13. The highest BCUT2D eigenvalue weighted by atomic mass is 35.5. The van der Waals surface area contributed by atoms with E-state index in [2.05, 4.69) is 9.89 Å². The molecule has 1 unspecified atom stereocenters. The van der Waals surface area contributed by atoms with Crippen LogP contribution in [0.2, 0.25) is 5.02 Å². The van der Waals surface area contributed by atoms with Gasteiger partial charge >= 0.3 is 6.18 Å². The van der Waals surface area contributed by atoms with Crippen LogP contribution in [0.25, 0.3) is 0 Å². The van der Waals surface area contributed by atoms with Crippen molar-refractivity contribution >= 4 is 23.2 Å². The summed E-state index contributed by atoms with van der Waals surface area (Å²) in [6, 6.07) is 19.0. The molecule has 0 radical (unpaired) electrons. The molecule has 2 aliphatic rings. The van der Waals surface area contributed by atoms with Gasteiger partial charge in [0.25, 0.3) is 0 Å². The first-order valence-corrected chi connectivity index (χ1v) is 13.6. The van der Waals surface area contributed by atoms with E-state index in [1.807, 2.05) is 35.0 Å². The lowest BCUT2D eigenvalue weighted by Gasteiger charge is -2.32. The van der Waals surface area contributed by atoms with E-state index in [1.165, 1.54) is 12.1 Å². The summed E-state index contributed by atoms with van der Waals surface area (Å²) in [5.41, 5.74) is 0.433. The lowest BCUT2D eigenvalue weighted by Crippen LogP contribution is -2.45. The maximum absolute atomic E-state index is 13.6. The molecule has 2 fully saturated rings. The Kier molecular flexibility index (Phi) is 8.68. The number of aliphatic imine (C=N–C) groups is 1. The minimum absolute atomic E-state index is 0.123. The molecule has 0 spiro atoms. The van der Waals surface area contributed by atoms with E-state index >= 15 is 0 Å². The van der Waals surface area contributed by atoms with E-state index < -0.39 is 17.8 Å². The second-order valence-electron chi connectivity index (χ2n) is 10.00. The van der Waals surface area contributed by atoms with Crippen LogP contribution in [0.15, 0.2) is 77.8 Å². The Morgan fingerprint density at radius 3 is 2.39 bits per heavy atom. The summed E-state index contributed by atoms with van der Waals surface area (Å²) in [7, 11) is 0. The van der Waals surface area contributed by atoms with Crippen LogP contribution in [0.3, 0.4) is 0 Å². The van der Waals surface area contributed by atoms with Crippen molar-refractivity contribution in [3.63, 3.8) is 0 Å². The molecule has 2 atom stereocenters. The molecular weight excluding hydrogens is 555 g/mol. The lowest BCUT2D eigenvalue weighted by molar-refractivity contribution is -0.137. The first kappa shape index (κ1) is 28.7. The molecule has 3 aromatic carbocycles. The topological polar surface area (TPSA) is 64.3 Å². The summed E-state index contributed by atoms with van der Waals surface area (Å²) in [4.78, 5) is 10.2. The maximum atomic E-state index is 13.6. The van der Waals surface area contributed by atoms with Crippen molar-refractivity contribution in [3.05, 3.63) is 88.9 Å². The molecule has 2 aliphatic heterocycles. The highest BCUT2D eigenvalue weighted by Gasteiger charge is 2.39. The molecule has 0 amide bonds. The molecule has 0 N–H and O–H groups in total. The Bertz CT molecular complexity index is 1410. The fraction of sp³-hybridized carbons (Fsp3) is 0.333. The second kappa shape index (κ2) is 12.4. The summed E-state index contributed by atoms with van der Waals surface area (Å²) < 4.78 is 52.4. The van der Waals surface area contributed by atoms with Crippen molar-refractivity contribution in [1.82, 2.24) is 9.80 Å². The number of hydrogen-bond acceptors (Lipinski definition) is 5. The third kappa shape index (κ3) is 6.93. The minimum Gasteiger partial charge on any atom is -0.457 e. The number of anilines is 1. The molecular formula is C30H29ClF3N5O2. The van der Waals surface area contributed by atoms with Gasteiger partial charge in [-0.25, -0.2) is 0 Å². The Morgan fingerprint density at radius 1 is 1.02 bits per heavy atom. The number of alkyl halides is 3. The largest absolute Gasteiger partial charge is 0.457 e. The second-order valence-corrected chi connectivity index (χ2v) is 10.4. The predicted octanol–water partition coefficient (Wildman–Crippen LogP) is 6.57. The van der Waals surface area contributed by atoms with E-state index in [0.29, 0.717) is 60.0 Å². The van der Waals surface area contributed by atoms with Gasteiger partial charge in [0, 0.05) is 43.4 Å². The number of morpholine rings is 1. The number of ether oxygens (including phenoxy) is 2. The van der Waals surface area contributed by atoms with Crippen molar-refractivity contribution in [3.8, 4) is 17.7 Å². The number of halogens is 4. The zero-order valence-corrected chi connectivity index (χ0v) is 23.1. The summed E-state index contributed by atoms with van der Waals surface area (Å²) in [5, 5.41) is 10.2. The lowest BCUT2D eigenvalue weighted by atomic mass is 10.0.